The smallest absolute Gasteiger partial charge is 0.244 e. The minimum Gasteiger partial charge on any atom is -0.357 e. The van der Waals surface area contributed by atoms with Crippen LogP contribution in [-0.4, -0.2) is 49.5 Å². The summed E-state index contributed by atoms with van der Waals surface area (Å²) in [5, 5.41) is 6.52. The molecule has 0 aromatic rings. The summed E-state index contributed by atoms with van der Waals surface area (Å²) >= 11 is 0. The van der Waals surface area contributed by atoms with Crippen molar-refractivity contribution in [3.63, 3.8) is 0 Å². The maximum absolute atomic E-state index is 11.9. The van der Waals surface area contributed by atoms with Crippen molar-refractivity contribution in [2.24, 2.45) is 10.9 Å². The van der Waals surface area contributed by atoms with E-state index in [0.29, 0.717) is 0 Å². The fourth-order valence-corrected chi connectivity index (χ4v) is 2.56. The second-order valence-electron chi connectivity index (χ2n) is 5.80. The fraction of sp³-hybridized carbons (Fsp3) is 0.867. The third-order valence-corrected chi connectivity index (χ3v) is 3.95. The molecule has 1 saturated heterocycles. The SMILES string of the molecule is CCNC(=NCC(=O)N1CCCC1)NCCCC1CC1. The van der Waals surface area contributed by atoms with Crippen LogP contribution in [-0.2, 0) is 4.79 Å². The molecule has 0 atom stereocenters. The van der Waals surface area contributed by atoms with Crippen molar-refractivity contribution in [3.8, 4) is 0 Å². The highest BCUT2D eigenvalue weighted by molar-refractivity contribution is 5.85. The Balaban J connectivity index is 1.67. The number of nitrogens with one attached hydrogen (secondary N) is 2. The van der Waals surface area contributed by atoms with Crippen molar-refractivity contribution >= 4 is 11.9 Å². The van der Waals surface area contributed by atoms with Crippen LogP contribution in [0.1, 0.15) is 45.4 Å². The van der Waals surface area contributed by atoms with Gasteiger partial charge in [0.25, 0.3) is 0 Å². The number of aliphatic imine (C=N–C) groups is 1. The van der Waals surface area contributed by atoms with Gasteiger partial charge in [0.05, 0.1) is 0 Å². The molecule has 2 N–H and O–H groups in total. The van der Waals surface area contributed by atoms with Crippen LogP contribution in [0, 0.1) is 5.92 Å². The van der Waals surface area contributed by atoms with Crippen molar-refractivity contribution in [2.45, 2.75) is 45.4 Å². The second-order valence-corrected chi connectivity index (χ2v) is 5.80. The molecule has 5 nitrogen and oxygen atoms in total. The Morgan fingerprint density at radius 3 is 2.65 bits per heavy atom. The largest absolute Gasteiger partial charge is 0.357 e. The number of rotatable bonds is 7. The molecule has 1 heterocycles. The van der Waals surface area contributed by atoms with E-state index in [1.54, 1.807) is 0 Å². The lowest BCUT2D eigenvalue weighted by molar-refractivity contribution is -0.128. The van der Waals surface area contributed by atoms with Gasteiger partial charge in [0.15, 0.2) is 5.96 Å². The van der Waals surface area contributed by atoms with E-state index in [1.165, 1.54) is 25.7 Å². The Labute approximate surface area is 122 Å². The normalized spacial score (nSPS) is 19.2. The average molecular weight is 280 g/mol. The molecular formula is C15H28N4O. The maximum Gasteiger partial charge on any atom is 0.244 e. The summed E-state index contributed by atoms with van der Waals surface area (Å²) in [6.07, 6.45) is 7.61. The quantitative estimate of drug-likeness (QED) is 0.420. The van der Waals surface area contributed by atoms with Crippen LogP contribution < -0.4 is 10.6 Å². The van der Waals surface area contributed by atoms with Crippen molar-refractivity contribution in [3.05, 3.63) is 0 Å². The Morgan fingerprint density at radius 1 is 1.25 bits per heavy atom. The van der Waals surface area contributed by atoms with Crippen molar-refractivity contribution in [2.75, 3.05) is 32.7 Å². The third kappa shape index (κ3) is 5.39. The molecule has 114 valence electrons. The third-order valence-electron chi connectivity index (χ3n) is 3.95. The Morgan fingerprint density at radius 2 is 2.00 bits per heavy atom. The van der Waals surface area contributed by atoms with Crippen molar-refractivity contribution < 1.29 is 4.79 Å². The molecule has 0 unspecified atom stereocenters. The highest BCUT2D eigenvalue weighted by Crippen LogP contribution is 2.33. The van der Waals surface area contributed by atoms with Crippen LogP contribution in [0.5, 0.6) is 0 Å². The molecule has 2 rings (SSSR count). The summed E-state index contributed by atoms with van der Waals surface area (Å²) in [5.41, 5.74) is 0. The molecule has 0 radical (unpaired) electrons. The predicted octanol–water partition coefficient (Wildman–Crippen LogP) is 1.35. The molecule has 2 fully saturated rings. The first-order chi connectivity index (χ1) is 9.79. The summed E-state index contributed by atoms with van der Waals surface area (Å²) in [4.78, 5) is 18.3. The van der Waals surface area contributed by atoms with Crippen LogP contribution in [0.4, 0.5) is 0 Å². The van der Waals surface area contributed by atoms with E-state index in [4.69, 9.17) is 0 Å². The molecule has 1 aliphatic heterocycles. The highest BCUT2D eigenvalue weighted by atomic mass is 16.2. The zero-order valence-electron chi connectivity index (χ0n) is 12.7. The maximum atomic E-state index is 11.9. The zero-order valence-corrected chi connectivity index (χ0v) is 12.7. The first-order valence-corrected chi connectivity index (χ1v) is 8.09. The van der Waals surface area contributed by atoms with Gasteiger partial charge >= 0.3 is 0 Å². The van der Waals surface area contributed by atoms with E-state index < -0.39 is 0 Å². The predicted molar refractivity (Wildman–Crippen MR) is 81.8 cm³/mol. The summed E-state index contributed by atoms with van der Waals surface area (Å²) in [6, 6.07) is 0. The number of amides is 1. The lowest BCUT2D eigenvalue weighted by Crippen LogP contribution is -2.39. The summed E-state index contributed by atoms with van der Waals surface area (Å²) in [7, 11) is 0. The van der Waals surface area contributed by atoms with Crippen molar-refractivity contribution in [1.82, 2.24) is 15.5 Å². The summed E-state index contributed by atoms with van der Waals surface area (Å²) in [5.74, 6) is 1.90. The van der Waals surface area contributed by atoms with Crippen LogP contribution >= 0.6 is 0 Å². The Kier molecular flexibility index (Phi) is 6.15. The lowest BCUT2D eigenvalue weighted by Gasteiger charge is -2.15. The van der Waals surface area contributed by atoms with E-state index in [1.807, 2.05) is 11.8 Å². The van der Waals surface area contributed by atoms with Gasteiger partial charge in [-0.05, 0) is 38.5 Å². The zero-order chi connectivity index (χ0) is 14.2. The molecule has 1 saturated carbocycles. The van der Waals surface area contributed by atoms with E-state index in [0.717, 1.165) is 50.9 Å². The number of nitrogens with zero attached hydrogens (tertiary/aromatic N) is 2. The topological polar surface area (TPSA) is 56.7 Å². The standard InChI is InChI=1S/C15H28N4O/c1-2-16-15(17-9-5-6-13-7-8-13)18-12-14(20)19-10-3-4-11-19/h13H,2-12H2,1H3,(H2,16,17,18). The van der Waals surface area contributed by atoms with E-state index in [-0.39, 0.29) is 12.5 Å². The van der Waals surface area contributed by atoms with Gasteiger partial charge in [-0.2, -0.15) is 0 Å². The van der Waals surface area contributed by atoms with Gasteiger partial charge in [-0.3, -0.25) is 4.79 Å². The molecule has 5 heteroatoms. The molecule has 0 aromatic carbocycles. The van der Waals surface area contributed by atoms with Crippen LogP contribution in [0.15, 0.2) is 4.99 Å². The average Bonchev–Trinajstić information content (AvgIpc) is 3.11. The number of hydrogen-bond donors (Lipinski definition) is 2. The first kappa shape index (κ1) is 15.1. The van der Waals surface area contributed by atoms with Gasteiger partial charge in [-0.25, -0.2) is 4.99 Å². The van der Waals surface area contributed by atoms with Crippen LogP contribution in [0.25, 0.3) is 0 Å². The molecular weight excluding hydrogens is 252 g/mol. The van der Waals surface area contributed by atoms with Gasteiger partial charge in [0, 0.05) is 26.2 Å². The second kappa shape index (κ2) is 8.12. The van der Waals surface area contributed by atoms with Crippen molar-refractivity contribution in [1.29, 1.82) is 0 Å². The minimum atomic E-state index is 0.151. The molecule has 1 amide bonds. The van der Waals surface area contributed by atoms with Gasteiger partial charge < -0.3 is 15.5 Å². The van der Waals surface area contributed by atoms with Gasteiger partial charge in [-0.15, -0.1) is 0 Å². The fourth-order valence-electron chi connectivity index (χ4n) is 2.56. The Hall–Kier alpha value is -1.26. The molecule has 2 aliphatic rings. The van der Waals surface area contributed by atoms with Gasteiger partial charge in [-0.1, -0.05) is 12.8 Å². The number of guanidine groups is 1. The summed E-state index contributed by atoms with van der Waals surface area (Å²) in [6.45, 7) is 5.88. The minimum absolute atomic E-state index is 0.151. The molecule has 0 bridgehead atoms. The summed E-state index contributed by atoms with van der Waals surface area (Å²) < 4.78 is 0. The molecule has 1 aliphatic carbocycles. The van der Waals surface area contributed by atoms with E-state index in [9.17, 15) is 4.79 Å². The number of carbonyl (C=O) groups is 1. The van der Waals surface area contributed by atoms with E-state index >= 15 is 0 Å². The van der Waals surface area contributed by atoms with E-state index in [2.05, 4.69) is 15.6 Å². The number of carbonyl (C=O) groups excluding carboxylic acids is 1. The molecule has 0 spiro atoms. The number of hydrogen-bond acceptors (Lipinski definition) is 2. The molecule has 20 heavy (non-hydrogen) atoms. The Bertz CT molecular complexity index is 333. The lowest BCUT2D eigenvalue weighted by atomic mass is 10.2. The monoisotopic (exact) mass is 280 g/mol. The van der Waals surface area contributed by atoms with Crippen LogP contribution in [0.2, 0.25) is 0 Å². The van der Waals surface area contributed by atoms with Gasteiger partial charge in [0.2, 0.25) is 5.91 Å². The highest BCUT2D eigenvalue weighted by Gasteiger charge is 2.20. The van der Waals surface area contributed by atoms with Gasteiger partial charge in [0.1, 0.15) is 6.54 Å². The number of likely N-dealkylation sites (tertiary alicyclic amines) is 1. The first-order valence-electron chi connectivity index (χ1n) is 8.09. The van der Waals surface area contributed by atoms with Crippen LogP contribution in [0.3, 0.4) is 0 Å². The molecule has 0 aromatic heterocycles.